The topological polar surface area (TPSA) is 41.1 Å². The number of aryl methyl sites for hydroxylation is 1. The minimum Gasteiger partial charge on any atom is -0.356 e. The summed E-state index contributed by atoms with van der Waals surface area (Å²) >= 11 is 0. The molecule has 0 aliphatic rings. The molecule has 0 radical (unpaired) electrons. The van der Waals surface area contributed by atoms with Gasteiger partial charge in [0.15, 0.2) is 0 Å². The van der Waals surface area contributed by atoms with E-state index in [0.717, 1.165) is 32.4 Å². The molecule has 0 heterocycles. The van der Waals surface area contributed by atoms with E-state index >= 15 is 0 Å². The van der Waals surface area contributed by atoms with Crippen LogP contribution in [-0.4, -0.2) is 25.5 Å². The van der Waals surface area contributed by atoms with E-state index in [9.17, 15) is 4.79 Å². The highest BCUT2D eigenvalue weighted by Crippen LogP contribution is 2.01. The van der Waals surface area contributed by atoms with Crippen molar-refractivity contribution in [2.45, 2.75) is 25.7 Å². The molecular formula is C20H26N2O. The predicted octanol–water partition coefficient (Wildman–Crippen LogP) is 2.96. The number of rotatable bonds is 10. The highest BCUT2D eigenvalue weighted by molar-refractivity contribution is 5.76. The third kappa shape index (κ3) is 7.61. The molecule has 2 aromatic carbocycles. The van der Waals surface area contributed by atoms with E-state index in [1.165, 1.54) is 11.1 Å². The second kappa shape index (κ2) is 10.6. The van der Waals surface area contributed by atoms with Crippen molar-refractivity contribution in [3.63, 3.8) is 0 Å². The van der Waals surface area contributed by atoms with Crippen LogP contribution in [0.4, 0.5) is 0 Å². The highest BCUT2D eigenvalue weighted by Gasteiger charge is 2.00. The van der Waals surface area contributed by atoms with E-state index in [4.69, 9.17) is 0 Å². The second-order valence-electron chi connectivity index (χ2n) is 5.67. The predicted molar refractivity (Wildman–Crippen MR) is 95.4 cm³/mol. The van der Waals surface area contributed by atoms with Crippen molar-refractivity contribution in [3.8, 4) is 0 Å². The van der Waals surface area contributed by atoms with Crippen molar-refractivity contribution in [1.82, 2.24) is 10.6 Å². The normalized spacial score (nSPS) is 10.4. The first-order chi connectivity index (χ1) is 11.3. The molecule has 0 aliphatic carbocycles. The molecule has 0 bridgehead atoms. The van der Waals surface area contributed by atoms with Crippen LogP contribution in [0.1, 0.15) is 24.0 Å². The molecule has 0 fully saturated rings. The minimum atomic E-state index is 0.122. The summed E-state index contributed by atoms with van der Waals surface area (Å²) in [4.78, 5) is 11.7. The Bertz CT molecular complexity index is 554. The first-order valence-corrected chi connectivity index (χ1v) is 8.40. The number of amides is 1. The lowest BCUT2D eigenvalue weighted by Crippen LogP contribution is -2.29. The van der Waals surface area contributed by atoms with Crippen LogP contribution in [0.15, 0.2) is 60.7 Å². The molecule has 3 heteroatoms. The van der Waals surface area contributed by atoms with E-state index in [1.807, 2.05) is 24.3 Å². The van der Waals surface area contributed by atoms with Crippen LogP contribution in [0.5, 0.6) is 0 Å². The van der Waals surface area contributed by atoms with Crippen LogP contribution in [0.3, 0.4) is 0 Å². The van der Waals surface area contributed by atoms with Crippen molar-refractivity contribution in [2.24, 2.45) is 0 Å². The largest absolute Gasteiger partial charge is 0.356 e. The van der Waals surface area contributed by atoms with Gasteiger partial charge < -0.3 is 10.6 Å². The number of hydrogen-bond donors (Lipinski definition) is 2. The Morgan fingerprint density at radius 2 is 1.35 bits per heavy atom. The van der Waals surface area contributed by atoms with E-state index in [0.29, 0.717) is 13.0 Å². The highest BCUT2D eigenvalue weighted by atomic mass is 16.1. The van der Waals surface area contributed by atoms with Crippen molar-refractivity contribution in [3.05, 3.63) is 71.8 Å². The zero-order valence-corrected chi connectivity index (χ0v) is 13.6. The van der Waals surface area contributed by atoms with Crippen LogP contribution in [0, 0.1) is 0 Å². The summed E-state index contributed by atoms with van der Waals surface area (Å²) in [7, 11) is 0. The lowest BCUT2D eigenvalue weighted by atomic mass is 10.1. The molecule has 3 nitrogen and oxygen atoms in total. The molecule has 2 N–H and O–H groups in total. The Kier molecular flexibility index (Phi) is 7.92. The van der Waals surface area contributed by atoms with Gasteiger partial charge in [-0.15, -0.1) is 0 Å². The molecule has 1 amide bonds. The quantitative estimate of drug-likeness (QED) is 0.663. The van der Waals surface area contributed by atoms with Crippen molar-refractivity contribution >= 4 is 5.91 Å². The van der Waals surface area contributed by atoms with Gasteiger partial charge in [-0.2, -0.15) is 0 Å². The van der Waals surface area contributed by atoms with Gasteiger partial charge >= 0.3 is 0 Å². The van der Waals surface area contributed by atoms with Crippen LogP contribution in [0.2, 0.25) is 0 Å². The maximum absolute atomic E-state index is 11.7. The molecular weight excluding hydrogens is 284 g/mol. The molecule has 0 atom stereocenters. The van der Waals surface area contributed by atoms with Gasteiger partial charge in [0.2, 0.25) is 5.91 Å². The smallest absolute Gasteiger partial charge is 0.221 e. The summed E-state index contributed by atoms with van der Waals surface area (Å²) in [5.41, 5.74) is 2.62. The van der Waals surface area contributed by atoms with E-state index < -0.39 is 0 Å². The van der Waals surface area contributed by atoms with Crippen molar-refractivity contribution < 1.29 is 4.79 Å². The maximum atomic E-state index is 11.7. The van der Waals surface area contributed by atoms with Gasteiger partial charge in [0.05, 0.1) is 0 Å². The van der Waals surface area contributed by atoms with E-state index in [-0.39, 0.29) is 5.91 Å². The molecule has 122 valence electrons. The Morgan fingerprint density at radius 1 is 0.739 bits per heavy atom. The SMILES string of the molecule is O=C(CCNCCCc1ccccc1)NCCc1ccccc1. The maximum Gasteiger partial charge on any atom is 0.221 e. The molecule has 2 rings (SSSR count). The summed E-state index contributed by atoms with van der Waals surface area (Å²) in [6.07, 6.45) is 3.61. The molecule has 0 spiro atoms. The average Bonchev–Trinajstić information content (AvgIpc) is 2.60. The van der Waals surface area contributed by atoms with E-state index in [2.05, 4.69) is 47.0 Å². The summed E-state index contributed by atoms with van der Waals surface area (Å²) in [6.45, 7) is 2.40. The fourth-order valence-corrected chi connectivity index (χ4v) is 2.47. The number of carbonyl (C=O) groups excluding carboxylic acids is 1. The summed E-state index contributed by atoms with van der Waals surface area (Å²) in [5.74, 6) is 0.122. The third-order valence-corrected chi connectivity index (χ3v) is 3.77. The van der Waals surface area contributed by atoms with Gasteiger partial charge in [0.1, 0.15) is 0 Å². The van der Waals surface area contributed by atoms with Crippen LogP contribution in [-0.2, 0) is 17.6 Å². The van der Waals surface area contributed by atoms with Gasteiger partial charge in [0.25, 0.3) is 0 Å². The number of nitrogens with one attached hydrogen (secondary N) is 2. The molecule has 0 aromatic heterocycles. The molecule has 0 aliphatic heterocycles. The third-order valence-electron chi connectivity index (χ3n) is 3.77. The summed E-state index contributed by atoms with van der Waals surface area (Å²) in [6, 6.07) is 20.7. The fourth-order valence-electron chi connectivity index (χ4n) is 2.47. The average molecular weight is 310 g/mol. The molecule has 0 saturated carbocycles. The van der Waals surface area contributed by atoms with Crippen molar-refractivity contribution in [1.29, 1.82) is 0 Å². The molecule has 23 heavy (non-hydrogen) atoms. The zero-order chi connectivity index (χ0) is 16.2. The second-order valence-corrected chi connectivity index (χ2v) is 5.67. The standard InChI is InChI=1S/C20H26N2O/c23-20(22-17-13-19-10-5-2-6-11-19)14-16-21-15-7-12-18-8-3-1-4-9-18/h1-6,8-11,21H,7,12-17H2,(H,22,23). The van der Waals surface area contributed by atoms with Crippen LogP contribution >= 0.6 is 0 Å². The van der Waals surface area contributed by atoms with Gasteiger partial charge in [-0.25, -0.2) is 0 Å². The van der Waals surface area contributed by atoms with Gasteiger partial charge in [0, 0.05) is 19.5 Å². The van der Waals surface area contributed by atoms with Gasteiger partial charge in [-0.3, -0.25) is 4.79 Å². The molecule has 2 aromatic rings. The number of carbonyl (C=O) groups is 1. The number of hydrogen-bond acceptors (Lipinski definition) is 2. The van der Waals surface area contributed by atoms with Gasteiger partial charge in [-0.05, 0) is 36.9 Å². The van der Waals surface area contributed by atoms with Crippen LogP contribution in [0.25, 0.3) is 0 Å². The lowest BCUT2D eigenvalue weighted by Gasteiger charge is -2.07. The lowest BCUT2D eigenvalue weighted by molar-refractivity contribution is -0.120. The Hall–Kier alpha value is -2.13. The first kappa shape index (κ1) is 17.2. The van der Waals surface area contributed by atoms with Gasteiger partial charge in [-0.1, -0.05) is 60.7 Å². The Morgan fingerprint density at radius 3 is 2.00 bits per heavy atom. The molecule has 0 saturated heterocycles. The van der Waals surface area contributed by atoms with Crippen molar-refractivity contribution in [2.75, 3.05) is 19.6 Å². The first-order valence-electron chi connectivity index (χ1n) is 8.40. The summed E-state index contributed by atoms with van der Waals surface area (Å²) in [5, 5.41) is 6.30. The summed E-state index contributed by atoms with van der Waals surface area (Å²) < 4.78 is 0. The fraction of sp³-hybridized carbons (Fsp3) is 0.350. The van der Waals surface area contributed by atoms with E-state index in [1.54, 1.807) is 0 Å². The zero-order valence-electron chi connectivity index (χ0n) is 13.6. The monoisotopic (exact) mass is 310 g/mol. The minimum absolute atomic E-state index is 0.122. The Labute approximate surface area is 139 Å². The Balaban J connectivity index is 1.45. The number of benzene rings is 2. The molecule has 0 unspecified atom stereocenters. The van der Waals surface area contributed by atoms with Crippen LogP contribution < -0.4 is 10.6 Å².